The Kier molecular flexibility index (Phi) is 6.39. The molecular formula is C22H24N2O5. The number of hydrogen-bond donors (Lipinski definition) is 2. The van der Waals surface area contributed by atoms with E-state index in [9.17, 15) is 9.59 Å². The molecule has 0 bridgehead atoms. The molecule has 3 rings (SSSR count). The number of hydrogen-bond acceptors (Lipinski definition) is 5. The first-order valence-electron chi connectivity index (χ1n) is 9.44. The second-order valence-corrected chi connectivity index (χ2v) is 6.53. The predicted octanol–water partition coefficient (Wildman–Crippen LogP) is 4.00. The molecule has 1 aromatic heterocycles. The van der Waals surface area contributed by atoms with Crippen molar-refractivity contribution in [2.45, 2.75) is 26.7 Å². The van der Waals surface area contributed by atoms with Gasteiger partial charge in [0, 0.05) is 16.5 Å². The van der Waals surface area contributed by atoms with E-state index in [1.54, 1.807) is 31.2 Å². The highest BCUT2D eigenvalue weighted by Crippen LogP contribution is 2.28. The number of rotatable bonds is 7. The van der Waals surface area contributed by atoms with Gasteiger partial charge in [-0.3, -0.25) is 20.4 Å². The van der Waals surface area contributed by atoms with Gasteiger partial charge in [0.15, 0.2) is 17.3 Å². The molecule has 0 radical (unpaired) electrons. The molecule has 2 N–H and O–H groups in total. The van der Waals surface area contributed by atoms with E-state index in [0.717, 1.165) is 18.2 Å². The van der Waals surface area contributed by atoms with Gasteiger partial charge in [-0.15, -0.1) is 0 Å². The molecule has 0 fully saturated rings. The van der Waals surface area contributed by atoms with Crippen LogP contribution in [0.15, 0.2) is 46.9 Å². The van der Waals surface area contributed by atoms with Gasteiger partial charge in [-0.2, -0.15) is 0 Å². The molecule has 0 aliphatic rings. The molecule has 7 nitrogen and oxygen atoms in total. The van der Waals surface area contributed by atoms with E-state index >= 15 is 0 Å². The number of ether oxygens (including phenoxy) is 2. The molecule has 0 unspecified atom stereocenters. The van der Waals surface area contributed by atoms with Crippen molar-refractivity contribution in [3.63, 3.8) is 0 Å². The normalized spacial score (nSPS) is 10.6. The number of hydrazine groups is 1. The molecule has 0 saturated heterocycles. The lowest BCUT2D eigenvalue weighted by Crippen LogP contribution is -2.41. The highest BCUT2D eigenvalue weighted by Gasteiger charge is 2.18. The standard InChI is InChI=1S/C22H24N2O5/c1-4-5-12-28-18-11-10-15(13-19(18)27-3)21(25)23-24-22(26)20-14(2)16-8-6-7-9-17(16)29-20/h6-11,13H,4-5,12H2,1-3H3,(H,23,25)(H,24,26). The minimum Gasteiger partial charge on any atom is -0.493 e. The number of carbonyl (C=O) groups excluding carboxylic acids is 2. The number of carbonyl (C=O) groups is 2. The van der Waals surface area contributed by atoms with E-state index in [4.69, 9.17) is 13.9 Å². The Morgan fingerprint density at radius 3 is 2.52 bits per heavy atom. The molecule has 0 aliphatic heterocycles. The molecule has 0 aliphatic carbocycles. The van der Waals surface area contributed by atoms with Gasteiger partial charge in [-0.25, -0.2) is 0 Å². The van der Waals surface area contributed by atoms with Crippen LogP contribution < -0.4 is 20.3 Å². The monoisotopic (exact) mass is 396 g/mol. The van der Waals surface area contributed by atoms with E-state index in [-0.39, 0.29) is 5.76 Å². The number of methoxy groups -OCH3 is 1. The van der Waals surface area contributed by atoms with Crippen LogP contribution in [0.5, 0.6) is 11.5 Å². The van der Waals surface area contributed by atoms with Crippen LogP contribution in [0.4, 0.5) is 0 Å². The Bertz CT molecular complexity index is 1030. The second-order valence-electron chi connectivity index (χ2n) is 6.53. The lowest BCUT2D eigenvalue weighted by molar-refractivity contribution is 0.0831. The van der Waals surface area contributed by atoms with E-state index in [2.05, 4.69) is 17.8 Å². The van der Waals surface area contributed by atoms with Crippen molar-refractivity contribution in [1.29, 1.82) is 0 Å². The highest BCUT2D eigenvalue weighted by molar-refractivity contribution is 6.01. The lowest BCUT2D eigenvalue weighted by Gasteiger charge is -2.12. The van der Waals surface area contributed by atoms with Gasteiger partial charge in [0.25, 0.3) is 5.91 Å². The Labute approximate surface area is 169 Å². The van der Waals surface area contributed by atoms with Crippen LogP contribution >= 0.6 is 0 Å². The van der Waals surface area contributed by atoms with Crippen molar-refractivity contribution in [2.75, 3.05) is 13.7 Å². The summed E-state index contributed by atoms with van der Waals surface area (Å²) >= 11 is 0. The first-order valence-corrected chi connectivity index (χ1v) is 9.44. The zero-order valence-corrected chi connectivity index (χ0v) is 16.7. The van der Waals surface area contributed by atoms with Crippen LogP contribution in [0, 0.1) is 6.92 Å². The van der Waals surface area contributed by atoms with Crippen LogP contribution in [0.3, 0.4) is 0 Å². The van der Waals surface area contributed by atoms with Gasteiger partial charge in [0.2, 0.25) is 0 Å². The summed E-state index contributed by atoms with van der Waals surface area (Å²) in [7, 11) is 1.51. The van der Waals surface area contributed by atoms with Crippen molar-refractivity contribution >= 4 is 22.8 Å². The zero-order chi connectivity index (χ0) is 20.8. The Hall–Kier alpha value is -3.48. The summed E-state index contributed by atoms with van der Waals surface area (Å²) in [5.74, 6) is 0.167. The van der Waals surface area contributed by atoms with Crippen LogP contribution in [0.2, 0.25) is 0 Å². The number of fused-ring (bicyclic) bond motifs is 1. The van der Waals surface area contributed by atoms with Gasteiger partial charge in [-0.1, -0.05) is 31.5 Å². The van der Waals surface area contributed by atoms with Crippen LogP contribution in [-0.2, 0) is 0 Å². The topological polar surface area (TPSA) is 89.8 Å². The van der Waals surface area contributed by atoms with Crippen molar-refractivity contribution in [2.24, 2.45) is 0 Å². The number of amides is 2. The Morgan fingerprint density at radius 1 is 1.03 bits per heavy atom. The maximum absolute atomic E-state index is 12.4. The van der Waals surface area contributed by atoms with E-state index in [0.29, 0.717) is 34.8 Å². The highest BCUT2D eigenvalue weighted by atomic mass is 16.5. The van der Waals surface area contributed by atoms with E-state index < -0.39 is 11.8 Å². The average Bonchev–Trinajstić information content (AvgIpc) is 3.09. The summed E-state index contributed by atoms with van der Waals surface area (Å²) in [5, 5.41) is 0.854. The van der Waals surface area contributed by atoms with Crippen molar-refractivity contribution < 1.29 is 23.5 Å². The Balaban J connectivity index is 1.66. The molecular weight excluding hydrogens is 372 g/mol. The summed E-state index contributed by atoms with van der Waals surface area (Å²) in [6, 6.07) is 12.2. The molecule has 29 heavy (non-hydrogen) atoms. The van der Waals surface area contributed by atoms with Gasteiger partial charge in [0.1, 0.15) is 5.58 Å². The molecule has 1 heterocycles. The fraction of sp³-hybridized carbons (Fsp3) is 0.273. The van der Waals surface area contributed by atoms with Crippen LogP contribution in [-0.4, -0.2) is 25.5 Å². The van der Waals surface area contributed by atoms with Crippen LogP contribution in [0.25, 0.3) is 11.0 Å². The quantitative estimate of drug-likeness (QED) is 0.465. The first kappa shape index (κ1) is 20.3. The van der Waals surface area contributed by atoms with Crippen molar-refractivity contribution in [3.8, 4) is 11.5 Å². The third-order valence-electron chi connectivity index (χ3n) is 4.52. The van der Waals surface area contributed by atoms with E-state index in [1.165, 1.54) is 7.11 Å². The average molecular weight is 396 g/mol. The third-order valence-corrected chi connectivity index (χ3v) is 4.52. The molecule has 2 amide bonds. The second kappa shape index (κ2) is 9.14. The maximum atomic E-state index is 12.4. The molecule has 2 aromatic carbocycles. The lowest BCUT2D eigenvalue weighted by atomic mass is 10.1. The summed E-state index contributed by atoms with van der Waals surface area (Å²) in [6.45, 7) is 4.45. The maximum Gasteiger partial charge on any atom is 0.305 e. The van der Waals surface area contributed by atoms with Gasteiger partial charge in [0.05, 0.1) is 13.7 Å². The van der Waals surface area contributed by atoms with Gasteiger partial charge in [-0.05, 0) is 37.6 Å². The third kappa shape index (κ3) is 4.51. The molecule has 3 aromatic rings. The number of benzene rings is 2. The van der Waals surface area contributed by atoms with Gasteiger partial charge >= 0.3 is 5.91 Å². The number of para-hydroxylation sites is 1. The molecule has 152 valence electrons. The molecule has 7 heteroatoms. The number of unbranched alkanes of at least 4 members (excludes halogenated alkanes) is 1. The Morgan fingerprint density at radius 2 is 1.79 bits per heavy atom. The summed E-state index contributed by atoms with van der Waals surface area (Å²) in [6.07, 6.45) is 1.95. The van der Waals surface area contributed by atoms with Gasteiger partial charge < -0.3 is 13.9 Å². The number of nitrogens with one attached hydrogen (secondary N) is 2. The summed E-state index contributed by atoms with van der Waals surface area (Å²) < 4.78 is 16.6. The number of aryl methyl sites for hydroxylation is 1. The largest absolute Gasteiger partial charge is 0.493 e. The summed E-state index contributed by atoms with van der Waals surface area (Å²) in [4.78, 5) is 24.9. The zero-order valence-electron chi connectivity index (χ0n) is 16.7. The SMILES string of the molecule is CCCCOc1ccc(C(=O)NNC(=O)c2oc3ccccc3c2C)cc1OC. The minimum atomic E-state index is -0.529. The van der Waals surface area contributed by atoms with Crippen molar-refractivity contribution in [3.05, 3.63) is 59.4 Å². The number of furan rings is 1. The smallest absolute Gasteiger partial charge is 0.305 e. The molecule has 0 saturated carbocycles. The first-order chi connectivity index (χ1) is 14.0. The van der Waals surface area contributed by atoms with E-state index in [1.807, 2.05) is 18.2 Å². The fourth-order valence-corrected chi connectivity index (χ4v) is 2.89. The molecule has 0 atom stereocenters. The predicted molar refractivity (Wildman–Crippen MR) is 109 cm³/mol. The fourth-order valence-electron chi connectivity index (χ4n) is 2.89. The minimum absolute atomic E-state index is 0.156. The molecule has 0 spiro atoms. The summed E-state index contributed by atoms with van der Waals surface area (Å²) in [5.41, 5.74) is 6.44. The van der Waals surface area contributed by atoms with Crippen LogP contribution in [0.1, 0.15) is 46.2 Å². The van der Waals surface area contributed by atoms with Crippen molar-refractivity contribution in [1.82, 2.24) is 10.9 Å².